The predicted molar refractivity (Wildman–Crippen MR) is 67.7 cm³/mol. The van der Waals surface area contributed by atoms with Gasteiger partial charge in [0.05, 0.1) is 4.47 Å². The molecule has 1 nitrogen and oxygen atoms in total. The average Bonchev–Trinajstić information content (AvgIpc) is 2.08. The lowest BCUT2D eigenvalue weighted by Crippen LogP contribution is -2.11. The van der Waals surface area contributed by atoms with E-state index in [9.17, 15) is 4.39 Å². The highest BCUT2D eigenvalue weighted by molar-refractivity contribution is 9.10. The molecule has 0 aliphatic heterocycles. The maximum Gasteiger partial charge on any atom is 0.137 e. The molecule has 0 aliphatic rings. The van der Waals surface area contributed by atoms with Crippen LogP contribution in [0.2, 0.25) is 0 Å². The van der Waals surface area contributed by atoms with Gasteiger partial charge in [0.15, 0.2) is 0 Å². The molecule has 0 aliphatic carbocycles. The van der Waals surface area contributed by atoms with Crippen LogP contribution in [-0.2, 0) is 0 Å². The summed E-state index contributed by atoms with van der Waals surface area (Å²) in [6.45, 7) is 5.69. The third-order valence-electron chi connectivity index (χ3n) is 1.95. The lowest BCUT2D eigenvalue weighted by Gasteiger charge is -2.13. The van der Waals surface area contributed by atoms with Crippen LogP contribution in [0.15, 0.2) is 34.8 Å². The van der Waals surface area contributed by atoms with E-state index < -0.39 is 0 Å². The quantitative estimate of drug-likeness (QED) is 0.839. The number of rotatable bonds is 3. The molecule has 1 atom stereocenters. The molecule has 2 N–H and O–H groups in total. The standard InChI is InChI=1S/C11H13BrFN.ClH/c1-7(2)6-10(14)8-4-3-5-9(13)11(8)12;/h3-5,10H,1,6,14H2,2H3;1H/t10-;/m0./s1. The average molecular weight is 295 g/mol. The molecule has 1 aromatic rings. The Bertz CT molecular complexity index is 354. The largest absolute Gasteiger partial charge is 0.324 e. The lowest BCUT2D eigenvalue weighted by atomic mass is 10.0. The second-order valence-electron chi connectivity index (χ2n) is 3.41. The van der Waals surface area contributed by atoms with Crippen molar-refractivity contribution in [1.29, 1.82) is 0 Å². The van der Waals surface area contributed by atoms with Crippen molar-refractivity contribution in [2.45, 2.75) is 19.4 Å². The molecule has 1 aromatic carbocycles. The zero-order chi connectivity index (χ0) is 10.7. The van der Waals surface area contributed by atoms with Crippen LogP contribution >= 0.6 is 28.3 Å². The van der Waals surface area contributed by atoms with E-state index in [0.29, 0.717) is 10.9 Å². The Kier molecular flexibility index (Phi) is 6.10. The maximum atomic E-state index is 13.2. The van der Waals surface area contributed by atoms with Crippen molar-refractivity contribution in [2.75, 3.05) is 0 Å². The molecule has 0 unspecified atom stereocenters. The van der Waals surface area contributed by atoms with Crippen molar-refractivity contribution in [1.82, 2.24) is 0 Å². The van der Waals surface area contributed by atoms with Gasteiger partial charge in [-0.1, -0.05) is 17.7 Å². The van der Waals surface area contributed by atoms with Gasteiger partial charge in [0.1, 0.15) is 5.82 Å². The predicted octanol–water partition coefficient (Wildman–Crippen LogP) is 3.98. The Morgan fingerprint density at radius 2 is 2.20 bits per heavy atom. The molecule has 0 aromatic heterocycles. The van der Waals surface area contributed by atoms with E-state index in [0.717, 1.165) is 11.1 Å². The third kappa shape index (κ3) is 3.93. The summed E-state index contributed by atoms with van der Waals surface area (Å²) in [4.78, 5) is 0. The Labute approximate surface area is 104 Å². The molecule has 0 amide bonds. The minimum atomic E-state index is -0.278. The van der Waals surface area contributed by atoms with Gasteiger partial charge in [-0.3, -0.25) is 0 Å². The number of halogens is 3. The first-order valence-corrected chi connectivity index (χ1v) is 5.15. The molecule has 0 fully saturated rings. The van der Waals surface area contributed by atoms with Gasteiger partial charge in [-0.05, 0) is 40.9 Å². The van der Waals surface area contributed by atoms with Crippen LogP contribution in [-0.4, -0.2) is 0 Å². The normalized spacial score (nSPS) is 11.7. The minimum absolute atomic E-state index is 0. The fourth-order valence-electron chi connectivity index (χ4n) is 1.29. The molecule has 0 saturated carbocycles. The zero-order valence-corrected chi connectivity index (χ0v) is 10.9. The monoisotopic (exact) mass is 293 g/mol. The van der Waals surface area contributed by atoms with E-state index in [4.69, 9.17) is 5.73 Å². The van der Waals surface area contributed by atoms with Gasteiger partial charge in [0.2, 0.25) is 0 Å². The van der Waals surface area contributed by atoms with E-state index in [2.05, 4.69) is 22.5 Å². The Morgan fingerprint density at radius 3 is 2.73 bits per heavy atom. The van der Waals surface area contributed by atoms with Crippen molar-refractivity contribution in [2.24, 2.45) is 5.73 Å². The summed E-state index contributed by atoms with van der Waals surface area (Å²) in [5.74, 6) is -0.278. The third-order valence-corrected chi connectivity index (χ3v) is 2.79. The van der Waals surface area contributed by atoms with Gasteiger partial charge in [-0.25, -0.2) is 4.39 Å². The highest BCUT2D eigenvalue weighted by Gasteiger charge is 2.12. The molecule has 84 valence electrons. The number of hydrogen-bond donors (Lipinski definition) is 1. The van der Waals surface area contributed by atoms with Gasteiger partial charge >= 0.3 is 0 Å². The van der Waals surface area contributed by atoms with E-state index >= 15 is 0 Å². The molecule has 0 heterocycles. The number of nitrogens with two attached hydrogens (primary N) is 1. The summed E-state index contributed by atoms with van der Waals surface area (Å²) in [5, 5.41) is 0. The molecule has 4 heteroatoms. The van der Waals surface area contributed by atoms with Gasteiger partial charge in [0.25, 0.3) is 0 Å². The van der Waals surface area contributed by atoms with Crippen molar-refractivity contribution in [3.8, 4) is 0 Å². The molecular weight excluding hydrogens is 280 g/mol. The smallest absolute Gasteiger partial charge is 0.137 e. The molecular formula is C11H14BrClFN. The maximum absolute atomic E-state index is 13.2. The Hall–Kier alpha value is -0.380. The van der Waals surface area contributed by atoms with Gasteiger partial charge in [-0.2, -0.15) is 0 Å². The van der Waals surface area contributed by atoms with Gasteiger partial charge in [-0.15, -0.1) is 19.0 Å². The summed E-state index contributed by atoms with van der Waals surface area (Å²) in [6, 6.07) is 4.69. The molecule has 0 radical (unpaired) electrons. The van der Waals surface area contributed by atoms with E-state index in [1.165, 1.54) is 6.07 Å². The first-order valence-electron chi connectivity index (χ1n) is 4.36. The van der Waals surface area contributed by atoms with Crippen LogP contribution < -0.4 is 5.73 Å². The zero-order valence-electron chi connectivity index (χ0n) is 8.47. The van der Waals surface area contributed by atoms with Gasteiger partial charge < -0.3 is 5.73 Å². The number of benzene rings is 1. The summed E-state index contributed by atoms with van der Waals surface area (Å²) in [6.07, 6.45) is 0.669. The summed E-state index contributed by atoms with van der Waals surface area (Å²) in [5.41, 5.74) is 7.69. The van der Waals surface area contributed by atoms with Crippen LogP contribution in [0, 0.1) is 5.82 Å². The summed E-state index contributed by atoms with van der Waals surface area (Å²) >= 11 is 3.19. The molecule has 0 bridgehead atoms. The van der Waals surface area contributed by atoms with Crippen LogP contribution in [0.4, 0.5) is 4.39 Å². The van der Waals surface area contributed by atoms with Crippen LogP contribution in [0.3, 0.4) is 0 Å². The van der Waals surface area contributed by atoms with Crippen molar-refractivity contribution in [3.63, 3.8) is 0 Å². The van der Waals surface area contributed by atoms with Crippen molar-refractivity contribution in [3.05, 3.63) is 46.2 Å². The van der Waals surface area contributed by atoms with E-state index in [-0.39, 0.29) is 24.3 Å². The highest BCUT2D eigenvalue weighted by Crippen LogP contribution is 2.27. The minimum Gasteiger partial charge on any atom is -0.324 e. The second kappa shape index (κ2) is 6.26. The Morgan fingerprint density at radius 1 is 1.60 bits per heavy atom. The molecule has 0 spiro atoms. The molecule has 0 saturated heterocycles. The summed E-state index contributed by atoms with van der Waals surface area (Å²) < 4.78 is 13.6. The van der Waals surface area contributed by atoms with Crippen LogP contribution in [0.1, 0.15) is 24.9 Å². The van der Waals surface area contributed by atoms with E-state index in [1.54, 1.807) is 6.07 Å². The topological polar surface area (TPSA) is 26.0 Å². The lowest BCUT2D eigenvalue weighted by molar-refractivity contribution is 0.610. The first-order chi connectivity index (χ1) is 6.52. The van der Waals surface area contributed by atoms with Crippen LogP contribution in [0.25, 0.3) is 0 Å². The van der Waals surface area contributed by atoms with E-state index in [1.807, 2.05) is 13.0 Å². The van der Waals surface area contributed by atoms with Crippen LogP contribution in [0.5, 0.6) is 0 Å². The Balaban J connectivity index is 0.00000196. The number of hydrogen-bond acceptors (Lipinski definition) is 1. The second-order valence-corrected chi connectivity index (χ2v) is 4.20. The fourth-order valence-corrected chi connectivity index (χ4v) is 1.85. The highest BCUT2D eigenvalue weighted by atomic mass is 79.9. The molecule has 1 rings (SSSR count). The fraction of sp³-hybridized carbons (Fsp3) is 0.273. The first kappa shape index (κ1) is 14.6. The SMILES string of the molecule is C=C(C)C[C@H](N)c1cccc(F)c1Br.Cl. The molecule has 15 heavy (non-hydrogen) atoms. The summed E-state index contributed by atoms with van der Waals surface area (Å²) in [7, 11) is 0. The van der Waals surface area contributed by atoms with Crippen molar-refractivity contribution >= 4 is 28.3 Å². The van der Waals surface area contributed by atoms with Crippen molar-refractivity contribution < 1.29 is 4.39 Å². The van der Waals surface area contributed by atoms with Gasteiger partial charge in [0, 0.05) is 6.04 Å².